The van der Waals surface area contributed by atoms with Crippen molar-refractivity contribution in [1.29, 1.82) is 0 Å². The van der Waals surface area contributed by atoms with Gasteiger partial charge in [-0.25, -0.2) is 4.79 Å². The molecule has 0 bridgehead atoms. The number of amides is 1. The molecule has 1 N–H and O–H groups in total. The van der Waals surface area contributed by atoms with Gasteiger partial charge >= 0.3 is 5.97 Å². The van der Waals surface area contributed by atoms with Crippen LogP contribution < -0.4 is 5.32 Å². The van der Waals surface area contributed by atoms with Gasteiger partial charge in [0.15, 0.2) is 6.61 Å². The van der Waals surface area contributed by atoms with Crippen molar-refractivity contribution in [1.82, 2.24) is 9.88 Å². The van der Waals surface area contributed by atoms with Crippen LogP contribution in [-0.2, 0) is 9.53 Å². The SMILES string of the molecule is Cc1ccc(-n2c(C)cc(C(=O)COC(=O)[C@H](NC(=O)c3cc([N+](=O)[O-])ccc3Cl)C(C)C)c2C)cc1. The van der Waals surface area contributed by atoms with E-state index in [4.69, 9.17) is 16.3 Å². The number of halogens is 1. The Bertz CT molecular complexity index is 1360. The number of ketones is 1. The Kier molecular flexibility index (Phi) is 8.49. The molecule has 0 saturated carbocycles. The maximum atomic E-state index is 12.9. The zero-order chi connectivity index (χ0) is 27.4. The molecule has 0 fully saturated rings. The molecule has 0 radical (unpaired) electrons. The number of aryl methyl sites for hydroxylation is 2. The maximum absolute atomic E-state index is 12.9. The van der Waals surface area contributed by atoms with Gasteiger partial charge in [0.05, 0.1) is 15.5 Å². The lowest BCUT2D eigenvalue weighted by atomic mass is 10.0. The zero-order valence-corrected chi connectivity index (χ0v) is 22.0. The van der Waals surface area contributed by atoms with Gasteiger partial charge in [-0.2, -0.15) is 0 Å². The van der Waals surface area contributed by atoms with Crippen molar-refractivity contribution in [2.45, 2.75) is 40.7 Å². The van der Waals surface area contributed by atoms with Gasteiger partial charge in [-0.05, 0) is 51.0 Å². The number of Topliss-reactive ketones (excluding diaryl/α,β-unsaturated/α-hetero) is 1. The number of ether oxygens (including phenoxy) is 1. The summed E-state index contributed by atoms with van der Waals surface area (Å²) >= 11 is 6.04. The number of benzene rings is 2. The fourth-order valence-corrected chi connectivity index (χ4v) is 4.16. The summed E-state index contributed by atoms with van der Waals surface area (Å²) < 4.78 is 7.24. The highest BCUT2D eigenvalue weighted by Crippen LogP contribution is 2.23. The van der Waals surface area contributed by atoms with Crippen LogP contribution in [0.4, 0.5) is 5.69 Å². The number of nitrogens with one attached hydrogen (secondary N) is 1. The molecule has 2 aromatic carbocycles. The van der Waals surface area contributed by atoms with Crippen LogP contribution in [0.1, 0.15) is 51.5 Å². The van der Waals surface area contributed by atoms with E-state index in [1.807, 2.05) is 49.6 Å². The Balaban J connectivity index is 1.72. The number of carbonyl (C=O) groups excluding carboxylic acids is 3. The van der Waals surface area contributed by atoms with Gasteiger partial charge in [0.25, 0.3) is 11.6 Å². The smallest absolute Gasteiger partial charge is 0.329 e. The van der Waals surface area contributed by atoms with Crippen LogP contribution in [-0.4, -0.2) is 39.8 Å². The number of hydrogen-bond acceptors (Lipinski definition) is 6. The fraction of sp³-hybridized carbons (Fsp3) is 0.296. The van der Waals surface area contributed by atoms with Crippen molar-refractivity contribution in [2.24, 2.45) is 5.92 Å². The number of aromatic nitrogens is 1. The largest absolute Gasteiger partial charge is 0.456 e. The molecule has 1 aromatic heterocycles. The molecule has 194 valence electrons. The summed E-state index contributed by atoms with van der Waals surface area (Å²) in [6, 6.07) is 12.0. The van der Waals surface area contributed by atoms with Crippen LogP contribution in [0.15, 0.2) is 48.5 Å². The fourth-order valence-electron chi connectivity index (χ4n) is 3.96. The molecule has 0 unspecified atom stereocenters. The lowest BCUT2D eigenvalue weighted by Crippen LogP contribution is -2.45. The molecule has 0 saturated heterocycles. The second kappa shape index (κ2) is 11.4. The van der Waals surface area contributed by atoms with Crippen LogP contribution in [0.3, 0.4) is 0 Å². The highest BCUT2D eigenvalue weighted by atomic mass is 35.5. The van der Waals surface area contributed by atoms with Gasteiger partial charge < -0.3 is 14.6 Å². The first-order valence-electron chi connectivity index (χ1n) is 11.6. The first-order chi connectivity index (χ1) is 17.4. The molecule has 0 spiro atoms. The third-order valence-corrected chi connectivity index (χ3v) is 6.31. The summed E-state index contributed by atoms with van der Waals surface area (Å²) in [5, 5.41) is 13.6. The molecular formula is C27H28ClN3O6. The molecule has 0 aliphatic carbocycles. The zero-order valence-electron chi connectivity index (χ0n) is 21.2. The highest BCUT2D eigenvalue weighted by Gasteiger charge is 2.29. The molecule has 0 aliphatic heterocycles. The Morgan fingerprint density at radius 2 is 1.68 bits per heavy atom. The summed E-state index contributed by atoms with van der Waals surface area (Å²) in [5.74, 6) is -2.34. The average Bonchev–Trinajstić information content (AvgIpc) is 3.14. The van der Waals surface area contributed by atoms with E-state index in [-0.39, 0.29) is 22.1 Å². The number of nitrogens with zero attached hydrogens (tertiary/aromatic N) is 2. The molecule has 3 aromatic rings. The van der Waals surface area contributed by atoms with Crippen molar-refractivity contribution >= 4 is 34.9 Å². The van der Waals surface area contributed by atoms with E-state index in [0.717, 1.165) is 28.7 Å². The third-order valence-electron chi connectivity index (χ3n) is 5.98. The summed E-state index contributed by atoms with van der Waals surface area (Å²) in [7, 11) is 0. The van der Waals surface area contributed by atoms with Crippen LogP contribution in [0, 0.1) is 36.8 Å². The minimum atomic E-state index is -1.10. The number of nitro benzene ring substituents is 1. The summed E-state index contributed by atoms with van der Waals surface area (Å²) in [4.78, 5) is 48.9. The molecule has 3 rings (SSSR count). The molecule has 37 heavy (non-hydrogen) atoms. The Morgan fingerprint density at radius 1 is 1.03 bits per heavy atom. The number of hydrogen-bond donors (Lipinski definition) is 1. The Morgan fingerprint density at radius 3 is 2.27 bits per heavy atom. The van der Waals surface area contributed by atoms with Crippen molar-refractivity contribution in [3.8, 4) is 5.69 Å². The molecule has 10 heteroatoms. The van der Waals surface area contributed by atoms with E-state index in [2.05, 4.69) is 5.32 Å². The predicted octanol–water partition coefficient (Wildman–Crippen LogP) is 5.14. The summed E-state index contributed by atoms with van der Waals surface area (Å²) in [6.07, 6.45) is 0. The van der Waals surface area contributed by atoms with Gasteiger partial charge in [-0.1, -0.05) is 43.1 Å². The van der Waals surface area contributed by atoms with E-state index < -0.39 is 35.4 Å². The molecular weight excluding hydrogens is 498 g/mol. The Labute approximate surface area is 219 Å². The average molecular weight is 526 g/mol. The number of nitro groups is 1. The van der Waals surface area contributed by atoms with Crippen molar-refractivity contribution in [3.63, 3.8) is 0 Å². The van der Waals surface area contributed by atoms with E-state index in [0.29, 0.717) is 5.56 Å². The van der Waals surface area contributed by atoms with Gasteiger partial charge in [-0.15, -0.1) is 0 Å². The maximum Gasteiger partial charge on any atom is 0.329 e. The molecule has 9 nitrogen and oxygen atoms in total. The van der Waals surface area contributed by atoms with Crippen LogP contribution in [0.5, 0.6) is 0 Å². The first-order valence-corrected chi connectivity index (χ1v) is 12.0. The summed E-state index contributed by atoms with van der Waals surface area (Å²) in [5.41, 5.74) is 3.59. The second-order valence-electron chi connectivity index (χ2n) is 9.10. The monoisotopic (exact) mass is 525 g/mol. The van der Waals surface area contributed by atoms with Gasteiger partial charge in [-0.3, -0.25) is 19.7 Å². The number of carbonyl (C=O) groups is 3. The predicted molar refractivity (Wildman–Crippen MR) is 139 cm³/mol. The van der Waals surface area contributed by atoms with Crippen LogP contribution >= 0.6 is 11.6 Å². The Hall–Kier alpha value is -3.98. The number of rotatable bonds is 9. The van der Waals surface area contributed by atoms with Gasteiger partial charge in [0.2, 0.25) is 5.78 Å². The number of non-ortho nitro benzene ring substituents is 1. The van der Waals surface area contributed by atoms with Gasteiger partial charge in [0.1, 0.15) is 6.04 Å². The molecule has 0 aliphatic rings. The quantitative estimate of drug-likeness (QED) is 0.178. The van der Waals surface area contributed by atoms with Crippen molar-refractivity contribution in [3.05, 3.63) is 91.7 Å². The first kappa shape index (κ1) is 27.6. The van der Waals surface area contributed by atoms with Crippen molar-refractivity contribution < 1.29 is 24.0 Å². The standard InChI is InChI=1S/C27H28ClN3O6/c1-15(2)25(29-26(33)22-13-20(31(35)36)10-11-23(22)28)27(34)37-14-24(32)21-12-17(4)30(18(21)5)19-8-6-16(3)7-9-19/h6-13,15,25H,14H2,1-5H3,(H,29,33)/t25-/m1/s1. The summed E-state index contributed by atoms with van der Waals surface area (Å²) in [6.45, 7) is 8.58. The third kappa shape index (κ3) is 6.24. The van der Waals surface area contributed by atoms with E-state index >= 15 is 0 Å². The normalized spacial score (nSPS) is 11.8. The molecule has 1 atom stereocenters. The van der Waals surface area contributed by atoms with Gasteiger partial charge in [0, 0.05) is 34.8 Å². The lowest BCUT2D eigenvalue weighted by Gasteiger charge is -2.21. The minimum absolute atomic E-state index is 0.00177. The van der Waals surface area contributed by atoms with E-state index in [1.54, 1.807) is 19.9 Å². The molecule has 1 amide bonds. The van der Waals surface area contributed by atoms with E-state index in [9.17, 15) is 24.5 Å². The second-order valence-corrected chi connectivity index (χ2v) is 9.51. The van der Waals surface area contributed by atoms with Crippen LogP contribution in [0.2, 0.25) is 5.02 Å². The lowest BCUT2D eigenvalue weighted by molar-refractivity contribution is -0.384. The van der Waals surface area contributed by atoms with E-state index in [1.165, 1.54) is 12.1 Å². The highest BCUT2D eigenvalue weighted by molar-refractivity contribution is 6.34. The van der Waals surface area contributed by atoms with Crippen molar-refractivity contribution in [2.75, 3.05) is 6.61 Å². The minimum Gasteiger partial charge on any atom is -0.456 e. The van der Waals surface area contributed by atoms with Crippen LogP contribution in [0.25, 0.3) is 5.69 Å². The number of esters is 1. The molecule has 1 heterocycles. The topological polar surface area (TPSA) is 121 Å².